The van der Waals surface area contributed by atoms with Gasteiger partial charge in [-0.3, -0.25) is 0 Å². The Bertz CT molecular complexity index is 259. The Kier molecular flexibility index (Phi) is 9.63. The van der Waals surface area contributed by atoms with E-state index in [4.69, 9.17) is 5.11 Å². The van der Waals surface area contributed by atoms with Crippen LogP contribution in [0.2, 0.25) is 0 Å². The van der Waals surface area contributed by atoms with Crippen LogP contribution in [0.5, 0.6) is 5.75 Å². The van der Waals surface area contributed by atoms with Gasteiger partial charge in [0.25, 0.3) is 0 Å². The van der Waals surface area contributed by atoms with Gasteiger partial charge in [-0.05, 0) is 24.3 Å². The van der Waals surface area contributed by atoms with Crippen molar-refractivity contribution >= 4 is 65.1 Å². The van der Waals surface area contributed by atoms with E-state index < -0.39 is 5.97 Å². The molecular formula is C8H8Na2O3. The molecule has 1 N–H and O–H groups in total. The molecule has 3 nitrogen and oxygen atoms in total. The summed E-state index contributed by atoms with van der Waals surface area (Å²) in [7, 11) is 1.31. The van der Waals surface area contributed by atoms with Crippen molar-refractivity contribution in [1.29, 1.82) is 0 Å². The number of carbonyl (C=O) groups is 1. The Hall–Kier alpha value is 0.490. The summed E-state index contributed by atoms with van der Waals surface area (Å²) >= 11 is 0. The summed E-state index contributed by atoms with van der Waals surface area (Å²) in [6.45, 7) is 0. The molecule has 1 rings (SSSR count). The van der Waals surface area contributed by atoms with Gasteiger partial charge in [0.1, 0.15) is 5.75 Å². The zero-order valence-electron chi connectivity index (χ0n) is 8.07. The summed E-state index contributed by atoms with van der Waals surface area (Å²) in [6, 6.07) is 5.88. The molecule has 0 atom stereocenters. The van der Waals surface area contributed by atoms with Crippen molar-refractivity contribution in [2.45, 2.75) is 0 Å². The molecule has 0 aliphatic heterocycles. The summed E-state index contributed by atoms with van der Waals surface area (Å²) in [5, 5.41) is 8.86. The monoisotopic (exact) mass is 198 g/mol. The molecule has 0 aromatic heterocycles. The van der Waals surface area contributed by atoms with Gasteiger partial charge >= 0.3 is 5.97 Å². The minimum atomic E-state index is -0.398. The molecule has 0 unspecified atom stereocenters. The Morgan fingerprint density at radius 3 is 2.08 bits per heavy atom. The van der Waals surface area contributed by atoms with Gasteiger partial charge in [-0.25, -0.2) is 4.79 Å². The van der Waals surface area contributed by atoms with Crippen LogP contribution in [0.3, 0.4) is 0 Å². The van der Waals surface area contributed by atoms with Gasteiger partial charge in [0, 0.05) is 59.1 Å². The maximum absolute atomic E-state index is 10.8. The van der Waals surface area contributed by atoms with Crippen LogP contribution in [-0.2, 0) is 4.74 Å². The van der Waals surface area contributed by atoms with Crippen LogP contribution in [0.15, 0.2) is 24.3 Å². The molecule has 0 aliphatic carbocycles. The van der Waals surface area contributed by atoms with Crippen LogP contribution in [-0.4, -0.2) is 77.3 Å². The molecule has 0 aliphatic rings. The fourth-order valence-electron chi connectivity index (χ4n) is 0.715. The maximum atomic E-state index is 10.8. The molecule has 2 radical (unpaired) electrons. The summed E-state index contributed by atoms with van der Waals surface area (Å²) in [5.41, 5.74) is 0.435. The van der Waals surface area contributed by atoms with Crippen LogP contribution >= 0.6 is 0 Å². The molecule has 0 saturated carbocycles. The number of benzene rings is 1. The molecule has 1 aromatic carbocycles. The van der Waals surface area contributed by atoms with Crippen LogP contribution in [0.1, 0.15) is 10.4 Å². The zero-order valence-corrected chi connectivity index (χ0v) is 12.1. The van der Waals surface area contributed by atoms with Crippen molar-refractivity contribution < 1.29 is 14.6 Å². The standard InChI is InChI=1S/C8H8O3.2Na/c1-11-8(10)6-2-4-7(9)5-3-6;;/h2-5,9H,1H3;;. The van der Waals surface area contributed by atoms with E-state index >= 15 is 0 Å². The average molecular weight is 198 g/mol. The fourth-order valence-corrected chi connectivity index (χ4v) is 0.715. The molecule has 0 spiro atoms. The average Bonchev–Trinajstić information content (AvgIpc) is 2.05. The van der Waals surface area contributed by atoms with Crippen LogP contribution < -0.4 is 0 Å². The number of esters is 1. The van der Waals surface area contributed by atoms with E-state index in [1.807, 2.05) is 0 Å². The molecule has 0 fully saturated rings. The molecule has 1 aromatic rings. The third-order valence-corrected chi connectivity index (χ3v) is 1.29. The SMILES string of the molecule is COC(=O)c1ccc(O)cc1.[Na].[Na]. The maximum Gasteiger partial charge on any atom is 0.337 e. The summed E-state index contributed by atoms with van der Waals surface area (Å²) in [4.78, 5) is 10.8. The summed E-state index contributed by atoms with van der Waals surface area (Å²) in [6.07, 6.45) is 0. The van der Waals surface area contributed by atoms with Gasteiger partial charge < -0.3 is 9.84 Å². The first-order valence-corrected chi connectivity index (χ1v) is 3.11. The second-order valence-electron chi connectivity index (χ2n) is 2.04. The normalized spacial score (nSPS) is 7.77. The van der Waals surface area contributed by atoms with E-state index in [1.54, 1.807) is 0 Å². The third kappa shape index (κ3) is 5.05. The first-order valence-electron chi connectivity index (χ1n) is 3.11. The first kappa shape index (κ1) is 15.9. The Morgan fingerprint density at radius 1 is 1.23 bits per heavy atom. The second-order valence-corrected chi connectivity index (χ2v) is 2.04. The number of hydrogen-bond donors (Lipinski definition) is 1. The number of carbonyl (C=O) groups excluding carboxylic acids is 1. The second kappa shape index (κ2) is 7.85. The van der Waals surface area contributed by atoms with E-state index in [9.17, 15) is 4.79 Å². The van der Waals surface area contributed by atoms with E-state index in [2.05, 4.69) is 4.74 Å². The fraction of sp³-hybridized carbons (Fsp3) is 0.125. The Morgan fingerprint density at radius 2 is 1.69 bits per heavy atom. The Labute approximate surface area is 121 Å². The number of ether oxygens (including phenoxy) is 1. The molecule has 60 valence electrons. The minimum absolute atomic E-state index is 0. The Balaban J connectivity index is 0. The van der Waals surface area contributed by atoms with Crippen LogP contribution in [0.4, 0.5) is 0 Å². The number of methoxy groups -OCH3 is 1. The number of phenolic OH excluding ortho intramolecular Hbond substituents is 1. The summed E-state index contributed by atoms with van der Waals surface area (Å²) in [5.74, 6) is -0.261. The minimum Gasteiger partial charge on any atom is -0.508 e. The van der Waals surface area contributed by atoms with Crippen molar-refractivity contribution in [3.8, 4) is 5.75 Å². The van der Waals surface area contributed by atoms with Gasteiger partial charge in [0.15, 0.2) is 0 Å². The van der Waals surface area contributed by atoms with E-state index in [0.717, 1.165) is 0 Å². The number of rotatable bonds is 1. The smallest absolute Gasteiger partial charge is 0.337 e. The van der Waals surface area contributed by atoms with Gasteiger partial charge in [0.2, 0.25) is 0 Å². The van der Waals surface area contributed by atoms with Gasteiger partial charge in [-0.1, -0.05) is 0 Å². The van der Waals surface area contributed by atoms with Crippen LogP contribution in [0.25, 0.3) is 0 Å². The third-order valence-electron chi connectivity index (χ3n) is 1.29. The predicted molar refractivity (Wildman–Crippen MR) is 51.0 cm³/mol. The van der Waals surface area contributed by atoms with Gasteiger partial charge in [-0.15, -0.1) is 0 Å². The predicted octanol–water partition coefficient (Wildman–Crippen LogP) is 0.417. The summed E-state index contributed by atoms with van der Waals surface area (Å²) < 4.78 is 4.46. The van der Waals surface area contributed by atoms with Gasteiger partial charge in [-0.2, -0.15) is 0 Å². The topological polar surface area (TPSA) is 46.5 Å². The molecule has 0 bridgehead atoms. The number of aromatic hydroxyl groups is 1. The molecule has 5 heteroatoms. The molecular weight excluding hydrogens is 190 g/mol. The zero-order chi connectivity index (χ0) is 8.27. The molecule has 0 amide bonds. The van der Waals surface area contributed by atoms with Crippen molar-refractivity contribution in [3.63, 3.8) is 0 Å². The number of phenols is 1. The largest absolute Gasteiger partial charge is 0.508 e. The quantitative estimate of drug-likeness (QED) is 0.525. The van der Waals surface area contributed by atoms with Crippen molar-refractivity contribution in [3.05, 3.63) is 29.8 Å². The van der Waals surface area contributed by atoms with Crippen molar-refractivity contribution in [2.24, 2.45) is 0 Å². The van der Waals surface area contributed by atoms with Crippen LogP contribution in [0, 0.1) is 0 Å². The van der Waals surface area contributed by atoms with Crippen molar-refractivity contribution in [2.75, 3.05) is 7.11 Å². The number of hydrogen-bond acceptors (Lipinski definition) is 3. The first-order chi connectivity index (χ1) is 5.24. The molecule has 0 heterocycles. The van der Waals surface area contributed by atoms with E-state index in [0.29, 0.717) is 5.56 Å². The molecule has 13 heavy (non-hydrogen) atoms. The van der Waals surface area contributed by atoms with E-state index in [1.165, 1.54) is 31.4 Å². The molecule has 0 saturated heterocycles. The van der Waals surface area contributed by atoms with Crippen molar-refractivity contribution in [1.82, 2.24) is 0 Å². The van der Waals surface area contributed by atoms with Gasteiger partial charge in [0.05, 0.1) is 12.7 Å². The van der Waals surface area contributed by atoms with E-state index in [-0.39, 0.29) is 64.9 Å².